The van der Waals surface area contributed by atoms with Crippen molar-refractivity contribution < 1.29 is 9.53 Å². The van der Waals surface area contributed by atoms with Crippen molar-refractivity contribution >= 4 is 22.6 Å². The van der Waals surface area contributed by atoms with Crippen LogP contribution in [-0.4, -0.2) is 59.0 Å². The predicted octanol–water partition coefficient (Wildman–Crippen LogP) is 1.87. The highest BCUT2D eigenvalue weighted by atomic mass is 16.5. The number of aromatic amines is 1. The highest BCUT2D eigenvalue weighted by Crippen LogP contribution is 2.21. The number of carbonyl (C=O) groups excluding carboxylic acids is 1. The molecule has 1 N–H and O–H groups in total. The number of nitrogens with one attached hydrogen (secondary N) is 1. The molecular weight excluding hydrogens is 408 g/mol. The predicted molar refractivity (Wildman–Crippen MR) is 120 cm³/mol. The van der Waals surface area contributed by atoms with E-state index < -0.39 is 0 Å². The Balaban J connectivity index is 1.39. The number of rotatable bonds is 5. The Morgan fingerprint density at radius 2 is 2.09 bits per heavy atom. The first kappa shape index (κ1) is 21.3. The number of pyridine rings is 1. The Morgan fingerprint density at radius 1 is 1.22 bits per heavy atom. The highest BCUT2D eigenvalue weighted by molar-refractivity contribution is 5.83. The van der Waals surface area contributed by atoms with E-state index in [1.54, 1.807) is 30.5 Å². The van der Waals surface area contributed by atoms with Crippen LogP contribution in [0, 0.1) is 11.3 Å². The summed E-state index contributed by atoms with van der Waals surface area (Å²) in [5.41, 5.74) is 0.788. The van der Waals surface area contributed by atoms with Crippen LogP contribution >= 0.6 is 0 Å². The maximum absolute atomic E-state index is 12.8. The van der Waals surface area contributed by atoms with Crippen LogP contribution in [0.15, 0.2) is 41.3 Å². The van der Waals surface area contributed by atoms with Gasteiger partial charge in [-0.1, -0.05) is 6.07 Å². The van der Waals surface area contributed by atoms with Crippen LogP contribution in [0.2, 0.25) is 0 Å². The molecule has 0 atom stereocenters. The van der Waals surface area contributed by atoms with E-state index in [1.807, 2.05) is 11.0 Å². The molecule has 0 bridgehead atoms. The first-order valence-corrected chi connectivity index (χ1v) is 10.5. The molecule has 9 heteroatoms. The zero-order valence-corrected chi connectivity index (χ0v) is 17.9. The molecule has 1 amide bonds. The van der Waals surface area contributed by atoms with Gasteiger partial charge in [0.05, 0.1) is 18.1 Å². The van der Waals surface area contributed by atoms with Crippen LogP contribution < -0.4 is 15.2 Å². The van der Waals surface area contributed by atoms with Crippen molar-refractivity contribution in [1.82, 2.24) is 19.9 Å². The Labute approximate surface area is 185 Å². The Hall–Kier alpha value is -3.93. The lowest BCUT2D eigenvalue weighted by Crippen LogP contribution is -2.35. The number of benzene rings is 1. The lowest BCUT2D eigenvalue weighted by molar-refractivity contribution is -0.130. The molecule has 1 saturated heterocycles. The molecule has 3 aromatic rings. The molecule has 1 aliphatic heterocycles. The number of hydrogen-bond donors (Lipinski definition) is 1. The van der Waals surface area contributed by atoms with Gasteiger partial charge in [-0.15, -0.1) is 0 Å². The number of H-pyrrole nitrogens is 1. The number of nitrogens with zero attached hydrogens (tertiary/aromatic N) is 5. The number of para-hydroxylation sites is 1. The normalized spacial score (nSPS) is 14.1. The molecule has 1 fully saturated rings. The molecule has 2 aromatic heterocycles. The molecule has 4 rings (SSSR count). The molecule has 164 valence electrons. The van der Waals surface area contributed by atoms with Gasteiger partial charge in [-0.3, -0.25) is 9.59 Å². The van der Waals surface area contributed by atoms with Gasteiger partial charge < -0.3 is 19.5 Å². The van der Waals surface area contributed by atoms with Gasteiger partial charge >= 0.3 is 0 Å². The largest absolute Gasteiger partial charge is 0.494 e. The third-order valence-corrected chi connectivity index (χ3v) is 5.59. The van der Waals surface area contributed by atoms with Gasteiger partial charge in [0.2, 0.25) is 5.91 Å². The first-order valence-electron chi connectivity index (χ1n) is 10.5. The summed E-state index contributed by atoms with van der Waals surface area (Å²) in [6, 6.07) is 10.9. The van der Waals surface area contributed by atoms with Gasteiger partial charge in [-0.25, -0.2) is 9.97 Å². The minimum Gasteiger partial charge on any atom is -0.494 e. The second kappa shape index (κ2) is 9.47. The van der Waals surface area contributed by atoms with E-state index in [1.165, 1.54) is 7.11 Å². The van der Waals surface area contributed by atoms with Gasteiger partial charge in [0.15, 0.2) is 0 Å². The number of methoxy groups -OCH3 is 1. The summed E-state index contributed by atoms with van der Waals surface area (Å²) in [7, 11) is 1.54. The van der Waals surface area contributed by atoms with Gasteiger partial charge in [-0.2, -0.15) is 5.26 Å². The molecule has 0 saturated carbocycles. The van der Waals surface area contributed by atoms with Gasteiger partial charge in [0.25, 0.3) is 5.56 Å². The smallest absolute Gasteiger partial charge is 0.258 e. The number of fused-ring (bicyclic) bond motifs is 1. The van der Waals surface area contributed by atoms with E-state index in [0.717, 1.165) is 18.8 Å². The number of aromatic nitrogens is 3. The molecule has 0 spiro atoms. The third-order valence-electron chi connectivity index (χ3n) is 5.59. The topological polar surface area (TPSA) is 115 Å². The molecule has 0 aliphatic carbocycles. The number of ether oxygens (including phenoxy) is 1. The second-order valence-electron chi connectivity index (χ2n) is 7.61. The van der Waals surface area contributed by atoms with Crippen molar-refractivity contribution in [1.29, 1.82) is 5.26 Å². The van der Waals surface area contributed by atoms with E-state index in [4.69, 9.17) is 10.00 Å². The zero-order chi connectivity index (χ0) is 22.5. The minimum absolute atomic E-state index is 0.0300. The Bertz CT molecular complexity index is 1220. The molecule has 1 aromatic carbocycles. The van der Waals surface area contributed by atoms with Crippen molar-refractivity contribution in [3.05, 3.63) is 58.3 Å². The Kier molecular flexibility index (Phi) is 6.31. The molecule has 1 aliphatic rings. The molecule has 9 nitrogen and oxygen atoms in total. The van der Waals surface area contributed by atoms with Crippen LogP contribution in [0.1, 0.15) is 24.2 Å². The van der Waals surface area contributed by atoms with Crippen LogP contribution in [0.3, 0.4) is 0 Å². The summed E-state index contributed by atoms with van der Waals surface area (Å²) in [6.07, 6.45) is 3.00. The van der Waals surface area contributed by atoms with Crippen molar-refractivity contribution in [2.75, 3.05) is 38.2 Å². The number of anilines is 1. The zero-order valence-electron chi connectivity index (χ0n) is 17.9. The summed E-state index contributed by atoms with van der Waals surface area (Å²) in [6.45, 7) is 2.73. The third kappa shape index (κ3) is 4.54. The number of amides is 1. The quantitative estimate of drug-likeness (QED) is 0.654. The van der Waals surface area contributed by atoms with E-state index >= 15 is 0 Å². The fraction of sp³-hybridized carbons (Fsp3) is 0.348. The number of nitriles is 1. The number of aryl methyl sites for hydroxylation is 1. The van der Waals surface area contributed by atoms with Gasteiger partial charge in [-0.05, 0) is 30.7 Å². The Morgan fingerprint density at radius 3 is 2.84 bits per heavy atom. The monoisotopic (exact) mass is 432 g/mol. The van der Waals surface area contributed by atoms with E-state index in [-0.39, 0.29) is 17.9 Å². The lowest BCUT2D eigenvalue weighted by atomic mass is 10.2. The first-order chi connectivity index (χ1) is 15.6. The molecule has 0 unspecified atom stereocenters. The SMILES string of the molecule is COc1cccc2c(=O)[nH]c(CCC(=O)N3CCCN(c4ccc(C#N)cn4)CC3)nc12. The van der Waals surface area contributed by atoms with Crippen molar-refractivity contribution in [3.8, 4) is 11.8 Å². The molecule has 0 radical (unpaired) electrons. The second-order valence-corrected chi connectivity index (χ2v) is 7.61. The lowest BCUT2D eigenvalue weighted by Gasteiger charge is -2.23. The van der Waals surface area contributed by atoms with E-state index in [0.29, 0.717) is 54.1 Å². The fourth-order valence-corrected chi connectivity index (χ4v) is 3.88. The summed E-state index contributed by atoms with van der Waals surface area (Å²) in [4.78, 5) is 40.9. The molecule has 32 heavy (non-hydrogen) atoms. The van der Waals surface area contributed by atoms with Gasteiger partial charge in [0, 0.05) is 45.2 Å². The van der Waals surface area contributed by atoms with Crippen molar-refractivity contribution in [2.24, 2.45) is 0 Å². The highest BCUT2D eigenvalue weighted by Gasteiger charge is 2.20. The number of hydrogen-bond acceptors (Lipinski definition) is 7. The number of carbonyl (C=O) groups is 1. The van der Waals surface area contributed by atoms with Crippen LogP contribution in [0.25, 0.3) is 10.9 Å². The van der Waals surface area contributed by atoms with Crippen molar-refractivity contribution in [3.63, 3.8) is 0 Å². The maximum Gasteiger partial charge on any atom is 0.258 e. The molecular formula is C23H24N6O3. The van der Waals surface area contributed by atoms with Crippen LogP contribution in [0.5, 0.6) is 5.75 Å². The van der Waals surface area contributed by atoms with Crippen LogP contribution in [-0.2, 0) is 11.2 Å². The average Bonchev–Trinajstić information content (AvgIpc) is 3.09. The van der Waals surface area contributed by atoms with Gasteiger partial charge in [0.1, 0.15) is 29.0 Å². The summed E-state index contributed by atoms with van der Waals surface area (Å²) >= 11 is 0. The standard InChI is InChI=1S/C23H24N6O3/c1-32-18-5-2-4-17-22(18)26-19(27-23(17)31)7-9-21(30)29-11-3-10-28(12-13-29)20-8-6-16(14-24)15-25-20/h2,4-6,8,15H,3,7,9-13H2,1H3,(H,26,27,31). The summed E-state index contributed by atoms with van der Waals surface area (Å²) < 4.78 is 5.32. The van der Waals surface area contributed by atoms with E-state index in [2.05, 4.69) is 25.9 Å². The van der Waals surface area contributed by atoms with E-state index in [9.17, 15) is 9.59 Å². The summed E-state index contributed by atoms with van der Waals surface area (Å²) in [5.74, 6) is 1.84. The summed E-state index contributed by atoms with van der Waals surface area (Å²) in [5, 5.41) is 9.39. The fourth-order valence-electron chi connectivity index (χ4n) is 3.88. The van der Waals surface area contributed by atoms with Crippen molar-refractivity contribution in [2.45, 2.75) is 19.3 Å². The minimum atomic E-state index is -0.239. The maximum atomic E-state index is 12.8. The molecule has 3 heterocycles. The average molecular weight is 432 g/mol. The van der Waals surface area contributed by atoms with Crippen LogP contribution in [0.4, 0.5) is 5.82 Å².